The Kier molecular flexibility index (Phi) is 12.5. The largest absolute Gasteiger partial charge is 0.493 e. The van der Waals surface area contributed by atoms with Gasteiger partial charge in [0.15, 0.2) is 11.5 Å². The molecule has 4 heterocycles. The number of aryl methyl sites for hydroxylation is 1. The van der Waals surface area contributed by atoms with Crippen molar-refractivity contribution in [2.75, 3.05) is 69.4 Å². The Bertz CT molecular complexity index is 2680. The molecule has 3 aromatic carbocycles. The molecule has 19 heteroatoms. The number of benzene rings is 3. The molecule has 5 aliphatic rings. The molecule has 2 atom stereocenters. The van der Waals surface area contributed by atoms with E-state index in [1.165, 1.54) is 6.07 Å². The van der Waals surface area contributed by atoms with Gasteiger partial charge >= 0.3 is 6.18 Å². The Morgan fingerprint density at radius 2 is 1.71 bits per heavy atom. The molecule has 360 valence electrons. The van der Waals surface area contributed by atoms with Crippen LogP contribution in [0.25, 0.3) is 10.9 Å². The fraction of sp³-hybridized carbons (Fsp3) is 0.490. The minimum atomic E-state index is -4.55. The monoisotopic (exact) mass is 939 g/mol. The highest BCUT2D eigenvalue weighted by molar-refractivity contribution is 6.25. The molecule has 2 saturated carbocycles. The summed E-state index contributed by atoms with van der Waals surface area (Å²) in [5.41, 5.74) is 6.96. The van der Waals surface area contributed by atoms with Crippen molar-refractivity contribution in [3.05, 3.63) is 76.6 Å². The number of methoxy groups -OCH3 is 1. The highest BCUT2D eigenvalue weighted by atomic mass is 19.4. The van der Waals surface area contributed by atoms with Crippen molar-refractivity contribution in [2.24, 2.45) is 11.3 Å². The number of halogens is 3. The number of nitrogens with one attached hydrogen (secondary N) is 2. The number of nitrogens with zero attached hydrogens (tertiary/aromatic N) is 6. The summed E-state index contributed by atoms with van der Waals surface area (Å²) in [6, 6.07) is 11.0. The molecule has 0 radical (unpaired) electrons. The van der Waals surface area contributed by atoms with Crippen LogP contribution in [0.2, 0.25) is 0 Å². The second-order valence-corrected chi connectivity index (χ2v) is 19.1. The fourth-order valence-corrected chi connectivity index (χ4v) is 10.4. The van der Waals surface area contributed by atoms with Crippen LogP contribution in [0, 0.1) is 18.3 Å². The van der Waals surface area contributed by atoms with E-state index in [9.17, 15) is 37.1 Å². The molecular formula is C49H56F3N9O7. The van der Waals surface area contributed by atoms with Crippen LogP contribution in [0.4, 0.5) is 30.4 Å². The first-order valence-corrected chi connectivity index (χ1v) is 23.2. The van der Waals surface area contributed by atoms with Gasteiger partial charge in [0.1, 0.15) is 17.7 Å². The average Bonchev–Trinajstić information content (AvgIpc) is 4.03. The third-order valence-corrected chi connectivity index (χ3v) is 14.4. The Balaban J connectivity index is 0.781. The number of anilines is 3. The number of fused-ring (bicyclic) bond motifs is 2. The molecule has 0 bridgehead atoms. The Morgan fingerprint density at radius 1 is 0.971 bits per heavy atom. The Morgan fingerprint density at radius 3 is 2.38 bits per heavy atom. The fourth-order valence-electron chi connectivity index (χ4n) is 10.4. The zero-order chi connectivity index (χ0) is 48.2. The molecule has 2 saturated heterocycles. The first-order chi connectivity index (χ1) is 32.4. The first kappa shape index (κ1) is 46.6. The smallest absolute Gasteiger partial charge is 0.416 e. The Hall–Kier alpha value is -6.50. The number of nitrogen functional groups attached to an aromatic ring is 1. The lowest BCUT2D eigenvalue weighted by Gasteiger charge is -2.43. The van der Waals surface area contributed by atoms with Crippen molar-refractivity contribution in [3.8, 4) is 11.5 Å². The van der Waals surface area contributed by atoms with Crippen molar-refractivity contribution in [3.63, 3.8) is 0 Å². The summed E-state index contributed by atoms with van der Waals surface area (Å²) >= 11 is 0. The molecule has 2 aliphatic carbocycles. The standard InChI is InChI=1S/C49H56F3N9O7/c1-27(30-20-31(49(50,51)52)22-32(53)21-30)54-43-35-23-40(39(67-4)24-36(35)55-28(2)56-43)68-26-48(14-15-48)25-58(3)45(64)29-8-10-33(11-9-29)59-16-18-60(19-17-59)37-7-5-6-34-42(37)47(66)61(46(34)65)38-12-13-41(62)57-44(38)63/h5-7,20-24,27,29,33,38H,8-19,25-26,53H2,1-4H3,(H,54,55,56)(H,57,62,63). The molecule has 5 amide bonds. The van der Waals surface area contributed by atoms with Gasteiger partial charge in [-0.15, -0.1) is 0 Å². The van der Waals surface area contributed by atoms with Crippen LogP contribution in [-0.2, 0) is 20.6 Å². The highest BCUT2D eigenvalue weighted by Gasteiger charge is 2.48. The van der Waals surface area contributed by atoms with Crippen LogP contribution in [0.1, 0.15) is 102 Å². The van der Waals surface area contributed by atoms with Gasteiger partial charge in [-0.05, 0) is 101 Å². The molecule has 16 nitrogen and oxygen atoms in total. The minimum Gasteiger partial charge on any atom is -0.493 e. The van der Waals surface area contributed by atoms with Crippen LogP contribution in [0.3, 0.4) is 0 Å². The number of alkyl halides is 3. The summed E-state index contributed by atoms with van der Waals surface area (Å²) in [7, 11) is 3.41. The van der Waals surface area contributed by atoms with E-state index in [1.807, 2.05) is 18.0 Å². The van der Waals surface area contributed by atoms with E-state index in [0.717, 1.165) is 68.6 Å². The Labute approximate surface area is 391 Å². The molecule has 4 N–H and O–H groups in total. The normalized spacial score (nSPS) is 22.2. The number of piperidine rings is 1. The molecule has 0 spiro atoms. The number of nitrogens with two attached hydrogens (primary N) is 1. The van der Waals surface area contributed by atoms with Crippen LogP contribution >= 0.6 is 0 Å². The SMILES string of the molecule is COc1cc2nc(C)nc(NC(C)c3cc(N)cc(C(F)(F)F)c3)c2cc1OCC1(CN(C)C(=O)C2CCC(N3CCN(c4cccc5c4C(=O)N(C4CCC(=O)NC4=O)C5=O)CC3)CC2)CC1. The molecule has 4 aromatic rings. The first-order valence-electron chi connectivity index (χ1n) is 23.2. The number of ether oxygens (including phenoxy) is 2. The highest BCUT2D eigenvalue weighted by Crippen LogP contribution is 2.48. The van der Waals surface area contributed by atoms with Gasteiger partial charge in [-0.25, -0.2) is 9.97 Å². The van der Waals surface area contributed by atoms with E-state index >= 15 is 0 Å². The van der Waals surface area contributed by atoms with Crippen molar-refractivity contribution < 1.29 is 46.6 Å². The summed E-state index contributed by atoms with van der Waals surface area (Å²) in [6.45, 7) is 7.17. The molecule has 1 aromatic heterocycles. The summed E-state index contributed by atoms with van der Waals surface area (Å²) < 4.78 is 53.0. The zero-order valence-corrected chi connectivity index (χ0v) is 38.6. The maximum Gasteiger partial charge on any atom is 0.416 e. The van der Waals surface area contributed by atoms with Crippen molar-refractivity contribution >= 4 is 57.6 Å². The molecule has 68 heavy (non-hydrogen) atoms. The third kappa shape index (κ3) is 9.23. The predicted octanol–water partition coefficient (Wildman–Crippen LogP) is 6.12. The molecule has 2 unspecified atom stereocenters. The van der Waals surface area contributed by atoms with Crippen molar-refractivity contribution in [2.45, 2.75) is 89.5 Å². The molecular weight excluding hydrogens is 884 g/mol. The van der Waals surface area contributed by atoms with Crippen LogP contribution < -0.4 is 30.7 Å². The van der Waals surface area contributed by atoms with Crippen LogP contribution in [0.5, 0.6) is 11.5 Å². The van der Waals surface area contributed by atoms with E-state index in [1.54, 1.807) is 45.2 Å². The van der Waals surface area contributed by atoms with Crippen LogP contribution in [-0.4, -0.2) is 120 Å². The zero-order valence-electron chi connectivity index (χ0n) is 38.6. The maximum absolute atomic E-state index is 13.9. The predicted molar refractivity (Wildman–Crippen MR) is 246 cm³/mol. The number of carbonyl (C=O) groups excluding carboxylic acids is 5. The van der Waals surface area contributed by atoms with Crippen molar-refractivity contribution in [1.82, 2.24) is 30.0 Å². The van der Waals surface area contributed by atoms with E-state index < -0.39 is 47.5 Å². The van der Waals surface area contributed by atoms with Gasteiger partial charge in [0.2, 0.25) is 17.7 Å². The number of amides is 5. The van der Waals surface area contributed by atoms with Gasteiger partial charge < -0.3 is 30.3 Å². The number of rotatable bonds is 13. The summed E-state index contributed by atoms with van der Waals surface area (Å²) in [5, 5.41) is 6.11. The molecule has 3 aliphatic heterocycles. The summed E-state index contributed by atoms with van der Waals surface area (Å²) in [6.07, 6.45) is 0.730. The van der Waals surface area contributed by atoms with Gasteiger partial charge in [-0.2, -0.15) is 13.2 Å². The topological polar surface area (TPSA) is 193 Å². The summed E-state index contributed by atoms with van der Waals surface area (Å²) in [4.78, 5) is 82.0. The second kappa shape index (κ2) is 18.2. The lowest BCUT2D eigenvalue weighted by atomic mass is 9.84. The van der Waals surface area contributed by atoms with Gasteiger partial charge in [-0.1, -0.05) is 6.07 Å². The summed E-state index contributed by atoms with van der Waals surface area (Å²) in [5.74, 6) is -0.232. The van der Waals surface area contributed by atoms with E-state index in [2.05, 4.69) is 30.4 Å². The van der Waals surface area contributed by atoms with E-state index in [-0.39, 0.29) is 41.3 Å². The minimum absolute atomic E-state index is 0.00342. The van der Waals surface area contributed by atoms with Gasteiger partial charge in [0.25, 0.3) is 11.8 Å². The lowest BCUT2D eigenvalue weighted by molar-refractivity contribution is -0.138. The van der Waals surface area contributed by atoms with Gasteiger partial charge in [0.05, 0.1) is 47.7 Å². The number of imide groups is 2. The number of aromatic nitrogens is 2. The van der Waals surface area contributed by atoms with E-state index in [0.29, 0.717) is 83.1 Å². The molecule has 4 fully saturated rings. The number of hydrogen-bond acceptors (Lipinski definition) is 13. The number of hydrogen-bond donors (Lipinski definition) is 3. The quantitative estimate of drug-likeness (QED) is 0.103. The lowest BCUT2D eigenvalue weighted by Crippen LogP contribution is -2.54. The second-order valence-electron chi connectivity index (χ2n) is 19.1. The molecule has 9 rings (SSSR count). The number of piperazine rings is 1. The van der Waals surface area contributed by atoms with Crippen molar-refractivity contribution in [1.29, 1.82) is 0 Å². The third-order valence-electron chi connectivity index (χ3n) is 14.4. The average molecular weight is 940 g/mol. The van der Waals surface area contributed by atoms with Gasteiger partial charge in [-0.3, -0.25) is 39.1 Å². The van der Waals surface area contributed by atoms with E-state index in [4.69, 9.17) is 15.2 Å². The number of carbonyl (C=O) groups is 5. The van der Waals surface area contributed by atoms with Gasteiger partial charge in [0, 0.05) is 80.7 Å². The van der Waals surface area contributed by atoms with Crippen LogP contribution in [0.15, 0.2) is 48.5 Å². The maximum atomic E-state index is 13.9.